The van der Waals surface area contributed by atoms with Gasteiger partial charge in [0.25, 0.3) is 0 Å². The lowest BCUT2D eigenvalue weighted by molar-refractivity contribution is 0.404. The molecule has 3 nitrogen and oxygen atoms in total. The van der Waals surface area contributed by atoms with Crippen molar-refractivity contribution in [2.75, 3.05) is 13.7 Å². The largest absolute Gasteiger partial charge is 0.496 e. The normalized spacial score (nSPS) is 12.6. The van der Waals surface area contributed by atoms with Gasteiger partial charge in [0.15, 0.2) is 0 Å². The topological polar surface area (TPSA) is 61.3 Å². The lowest BCUT2D eigenvalue weighted by Crippen LogP contribution is -2.21. The van der Waals surface area contributed by atoms with Crippen LogP contribution in [0, 0.1) is 5.82 Å². The molecule has 0 radical (unpaired) electrons. The van der Waals surface area contributed by atoms with Gasteiger partial charge in [-0.2, -0.15) is 0 Å². The maximum Gasteiger partial charge on any atom is 0.123 e. The third kappa shape index (κ3) is 2.17. The quantitative estimate of drug-likeness (QED) is 0.730. The lowest BCUT2D eigenvalue weighted by atomic mass is 10.1. The second kappa shape index (κ2) is 4.20. The molecule has 0 aliphatic carbocycles. The molecule has 0 aliphatic heterocycles. The second-order valence-electron chi connectivity index (χ2n) is 2.73. The molecule has 1 aromatic rings. The highest BCUT2D eigenvalue weighted by molar-refractivity contribution is 5.36. The van der Waals surface area contributed by atoms with Gasteiger partial charge in [0.05, 0.1) is 7.11 Å². The molecule has 0 bridgehead atoms. The summed E-state index contributed by atoms with van der Waals surface area (Å²) in [6.07, 6.45) is 0. The van der Waals surface area contributed by atoms with Crippen molar-refractivity contribution >= 4 is 0 Å². The van der Waals surface area contributed by atoms with E-state index in [2.05, 4.69) is 0 Å². The van der Waals surface area contributed by atoms with E-state index in [1.807, 2.05) is 0 Å². The second-order valence-corrected chi connectivity index (χ2v) is 2.73. The molecule has 0 amide bonds. The minimum atomic E-state index is -0.384. The Morgan fingerprint density at radius 1 is 1.54 bits per heavy atom. The highest BCUT2D eigenvalue weighted by atomic mass is 19.1. The maximum absolute atomic E-state index is 12.8. The van der Waals surface area contributed by atoms with Crippen LogP contribution in [-0.4, -0.2) is 13.7 Å². The summed E-state index contributed by atoms with van der Waals surface area (Å²) in [5.74, 6) is 0.235. The van der Waals surface area contributed by atoms with E-state index >= 15 is 0 Å². The van der Waals surface area contributed by atoms with Crippen molar-refractivity contribution in [2.24, 2.45) is 11.5 Å². The van der Waals surface area contributed by atoms with Crippen LogP contribution >= 0.6 is 0 Å². The zero-order valence-electron chi connectivity index (χ0n) is 7.46. The summed E-state index contributed by atoms with van der Waals surface area (Å²) < 4.78 is 17.8. The van der Waals surface area contributed by atoms with E-state index < -0.39 is 0 Å². The first-order chi connectivity index (χ1) is 6.19. The molecule has 0 saturated carbocycles. The lowest BCUT2D eigenvalue weighted by Gasteiger charge is -2.13. The fraction of sp³-hybridized carbons (Fsp3) is 0.333. The van der Waals surface area contributed by atoms with E-state index in [1.54, 1.807) is 6.07 Å². The summed E-state index contributed by atoms with van der Waals surface area (Å²) in [5, 5.41) is 0. The highest BCUT2D eigenvalue weighted by Crippen LogP contribution is 2.23. The van der Waals surface area contributed by atoms with Gasteiger partial charge in [-0.25, -0.2) is 4.39 Å². The minimum Gasteiger partial charge on any atom is -0.496 e. The fourth-order valence-electron chi connectivity index (χ4n) is 1.12. The first-order valence-electron chi connectivity index (χ1n) is 3.98. The minimum absolute atomic E-state index is 0.264. The average Bonchev–Trinajstić information content (AvgIpc) is 2.16. The van der Waals surface area contributed by atoms with Gasteiger partial charge in [-0.1, -0.05) is 0 Å². The summed E-state index contributed by atoms with van der Waals surface area (Å²) in [7, 11) is 1.51. The molecule has 72 valence electrons. The van der Waals surface area contributed by atoms with Crippen molar-refractivity contribution in [2.45, 2.75) is 6.04 Å². The zero-order valence-corrected chi connectivity index (χ0v) is 7.46. The third-order valence-corrected chi connectivity index (χ3v) is 1.85. The van der Waals surface area contributed by atoms with Crippen molar-refractivity contribution in [1.29, 1.82) is 0 Å². The van der Waals surface area contributed by atoms with Crippen LogP contribution in [0.5, 0.6) is 5.75 Å². The Hall–Kier alpha value is -1.13. The van der Waals surface area contributed by atoms with Crippen LogP contribution in [0.4, 0.5) is 4.39 Å². The van der Waals surface area contributed by atoms with E-state index in [0.29, 0.717) is 11.3 Å². The molecule has 4 N–H and O–H groups in total. The Balaban J connectivity index is 3.07. The van der Waals surface area contributed by atoms with E-state index in [9.17, 15) is 4.39 Å². The van der Waals surface area contributed by atoms with Crippen LogP contribution in [0.1, 0.15) is 11.6 Å². The van der Waals surface area contributed by atoms with Crippen molar-refractivity contribution in [3.8, 4) is 5.75 Å². The van der Waals surface area contributed by atoms with Crippen molar-refractivity contribution < 1.29 is 9.13 Å². The summed E-state index contributed by atoms with van der Waals surface area (Å²) in [6.45, 7) is 0.264. The van der Waals surface area contributed by atoms with Crippen LogP contribution in [0.3, 0.4) is 0 Å². The molecule has 1 unspecified atom stereocenters. The van der Waals surface area contributed by atoms with Gasteiger partial charge in [-0.3, -0.25) is 0 Å². The molecule has 0 aromatic heterocycles. The Morgan fingerprint density at radius 2 is 2.23 bits per heavy atom. The Bertz CT molecular complexity index is 291. The number of ether oxygens (including phenoxy) is 1. The number of hydrogen-bond acceptors (Lipinski definition) is 3. The van der Waals surface area contributed by atoms with Crippen molar-refractivity contribution in [3.05, 3.63) is 29.6 Å². The molecule has 0 heterocycles. The SMILES string of the molecule is COc1ccc(F)cc1C(N)CN. The van der Waals surface area contributed by atoms with Gasteiger partial charge < -0.3 is 16.2 Å². The molecule has 0 saturated heterocycles. The number of benzene rings is 1. The van der Waals surface area contributed by atoms with Crippen LogP contribution in [0.25, 0.3) is 0 Å². The molecule has 4 heteroatoms. The first-order valence-corrected chi connectivity index (χ1v) is 3.98. The Kier molecular flexibility index (Phi) is 3.22. The number of nitrogens with two attached hydrogens (primary N) is 2. The van der Waals surface area contributed by atoms with Gasteiger partial charge in [-0.05, 0) is 18.2 Å². The summed E-state index contributed by atoms with van der Waals surface area (Å²) >= 11 is 0. The number of halogens is 1. The first kappa shape index (κ1) is 9.95. The molecule has 1 aromatic carbocycles. The molecule has 1 rings (SSSR count). The van der Waals surface area contributed by atoms with E-state index in [4.69, 9.17) is 16.2 Å². The average molecular weight is 184 g/mol. The molecule has 1 atom stereocenters. The monoisotopic (exact) mass is 184 g/mol. The van der Waals surface area contributed by atoms with Gasteiger partial charge in [0.2, 0.25) is 0 Å². The summed E-state index contributed by atoms with van der Waals surface area (Å²) in [6, 6.07) is 3.83. The van der Waals surface area contributed by atoms with Crippen molar-refractivity contribution in [3.63, 3.8) is 0 Å². The Morgan fingerprint density at radius 3 is 2.77 bits per heavy atom. The number of rotatable bonds is 3. The molecule has 0 spiro atoms. The molecular formula is C9H13FN2O. The molecule has 0 aliphatic rings. The molecule has 0 fully saturated rings. The zero-order chi connectivity index (χ0) is 9.84. The van der Waals surface area contributed by atoms with Crippen LogP contribution in [0.15, 0.2) is 18.2 Å². The molecule has 13 heavy (non-hydrogen) atoms. The highest BCUT2D eigenvalue weighted by Gasteiger charge is 2.10. The van der Waals surface area contributed by atoms with Gasteiger partial charge in [0, 0.05) is 18.2 Å². The predicted octanol–water partition coefficient (Wildman–Crippen LogP) is 0.793. The van der Waals surface area contributed by atoms with Crippen LogP contribution < -0.4 is 16.2 Å². The van der Waals surface area contributed by atoms with E-state index in [0.717, 1.165) is 0 Å². The predicted molar refractivity (Wildman–Crippen MR) is 48.9 cm³/mol. The van der Waals surface area contributed by atoms with E-state index in [-0.39, 0.29) is 18.4 Å². The number of hydrogen-bond donors (Lipinski definition) is 2. The molecular weight excluding hydrogens is 171 g/mol. The number of methoxy groups -OCH3 is 1. The van der Waals surface area contributed by atoms with Gasteiger partial charge in [-0.15, -0.1) is 0 Å². The maximum atomic E-state index is 12.8. The fourth-order valence-corrected chi connectivity index (χ4v) is 1.12. The van der Waals surface area contributed by atoms with Crippen molar-refractivity contribution in [1.82, 2.24) is 0 Å². The standard InChI is InChI=1S/C9H13FN2O/c1-13-9-3-2-6(10)4-7(9)8(12)5-11/h2-4,8H,5,11-12H2,1H3. The summed E-state index contributed by atoms with van der Waals surface area (Å²) in [5.41, 5.74) is 11.6. The van der Waals surface area contributed by atoms with E-state index in [1.165, 1.54) is 19.2 Å². The van der Waals surface area contributed by atoms with Gasteiger partial charge in [0.1, 0.15) is 11.6 Å². The van der Waals surface area contributed by atoms with Crippen LogP contribution in [-0.2, 0) is 0 Å². The smallest absolute Gasteiger partial charge is 0.123 e. The van der Waals surface area contributed by atoms with Gasteiger partial charge >= 0.3 is 0 Å². The third-order valence-electron chi connectivity index (χ3n) is 1.85. The van der Waals surface area contributed by atoms with Crippen LogP contribution in [0.2, 0.25) is 0 Å². The Labute approximate surface area is 76.5 Å². The summed E-state index contributed by atoms with van der Waals surface area (Å²) in [4.78, 5) is 0.